The van der Waals surface area contributed by atoms with Gasteiger partial charge in [-0.1, -0.05) is 18.2 Å². The highest BCUT2D eigenvalue weighted by molar-refractivity contribution is 5.94. The Labute approximate surface area is 170 Å². The van der Waals surface area contributed by atoms with Crippen LogP contribution in [0.25, 0.3) is 0 Å². The van der Waals surface area contributed by atoms with E-state index in [9.17, 15) is 26.7 Å². The average Bonchev–Trinajstić information content (AvgIpc) is 2.92. The molecule has 0 radical (unpaired) electrons. The number of hydrogen-bond acceptors (Lipinski definition) is 3. The highest BCUT2D eigenvalue weighted by atomic mass is 19.4. The summed E-state index contributed by atoms with van der Waals surface area (Å²) in [5.74, 6) is -0.347. The molecule has 0 aromatic heterocycles. The average molecular weight is 428 g/mol. The molecule has 0 bridgehead atoms. The van der Waals surface area contributed by atoms with Crippen molar-refractivity contribution in [2.45, 2.75) is 25.8 Å². The van der Waals surface area contributed by atoms with E-state index >= 15 is 0 Å². The van der Waals surface area contributed by atoms with Gasteiger partial charge in [0.05, 0.1) is 5.56 Å². The van der Waals surface area contributed by atoms with Gasteiger partial charge in [-0.15, -0.1) is 0 Å². The zero-order valence-electron chi connectivity index (χ0n) is 16.0. The van der Waals surface area contributed by atoms with Crippen LogP contribution in [0.4, 0.5) is 22.0 Å². The molecule has 0 spiro atoms. The number of rotatable bonds is 5. The Morgan fingerprint density at radius 1 is 1.00 bits per heavy atom. The van der Waals surface area contributed by atoms with Crippen LogP contribution < -0.4 is 4.74 Å². The third-order valence-electron chi connectivity index (χ3n) is 4.87. The SMILES string of the molecule is O=C(c1cccc(OC(F)F)c1)N1CCCN(Cc2ccc(C(F)(F)F)cc2)CC1. The van der Waals surface area contributed by atoms with Crippen LogP contribution in [0, 0.1) is 0 Å². The van der Waals surface area contributed by atoms with E-state index in [0.717, 1.165) is 17.7 Å². The summed E-state index contributed by atoms with van der Waals surface area (Å²) in [5, 5.41) is 0. The fourth-order valence-electron chi connectivity index (χ4n) is 3.38. The Morgan fingerprint density at radius 2 is 1.73 bits per heavy atom. The van der Waals surface area contributed by atoms with Crippen molar-refractivity contribution in [1.29, 1.82) is 0 Å². The maximum absolute atomic E-state index is 12.7. The maximum Gasteiger partial charge on any atom is 0.416 e. The minimum absolute atomic E-state index is 0.0744. The largest absolute Gasteiger partial charge is 0.435 e. The molecule has 0 saturated carbocycles. The third kappa shape index (κ3) is 5.91. The lowest BCUT2D eigenvalue weighted by atomic mass is 10.1. The normalized spacial score (nSPS) is 15.9. The first kappa shape index (κ1) is 22.0. The Kier molecular flexibility index (Phi) is 6.91. The number of nitrogens with zero attached hydrogens (tertiary/aromatic N) is 2. The van der Waals surface area contributed by atoms with E-state index in [-0.39, 0.29) is 17.2 Å². The molecule has 1 saturated heterocycles. The van der Waals surface area contributed by atoms with E-state index in [1.165, 1.54) is 30.3 Å². The van der Waals surface area contributed by atoms with Crippen LogP contribution in [-0.4, -0.2) is 48.5 Å². The monoisotopic (exact) mass is 428 g/mol. The zero-order chi connectivity index (χ0) is 21.7. The van der Waals surface area contributed by atoms with Crippen molar-refractivity contribution in [1.82, 2.24) is 9.80 Å². The van der Waals surface area contributed by atoms with Crippen molar-refractivity contribution in [2.75, 3.05) is 26.2 Å². The fraction of sp³-hybridized carbons (Fsp3) is 0.381. The van der Waals surface area contributed by atoms with Gasteiger partial charge in [-0.25, -0.2) is 0 Å². The van der Waals surface area contributed by atoms with E-state index in [1.54, 1.807) is 11.0 Å². The smallest absolute Gasteiger partial charge is 0.416 e. The van der Waals surface area contributed by atoms with Gasteiger partial charge >= 0.3 is 12.8 Å². The van der Waals surface area contributed by atoms with Crippen LogP contribution in [-0.2, 0) is 12.7 Å². The van der Waals surface area contributed by atoms with Crippen molar-refractivity contribution < 1.29 is 31.5 Å². The molecule has 1 heterocycles. The van der Waals surface area contributed by atoms with Gasteiger partial charge in [-0.3, -0.25) is 9.69 Å². The Bertz CT molecular complexity index is 855. The summed E-state index contributed by atoms with van der Waals surface area (Å²) >= 11 is 0. The van der Waals surface area contributed by atoms with Gasteiger partial charge in [0.1, 0.15) is 5.75 Å². The molecule has 0 N–H and O–H groups in total. The molecule has 162 valence electrons. The minimum Gasteiger partial charge on any atom is -0.435 e. The molecule has 0 unspecified atom stereocenters. The second-order valence-corrected chi connectivity index (χ2v) is 7.02. The van der Waals surface area contributed by atoms with E-state index < -0.39 is 18.4 Å². The number of hydrogen-bond donors (Lipinski definition) is 0. The fourth-order valence-corrected chi connectivity index (χ4v) is 3.38. The van der Waals surface area contributed by atoms with E-state index in [2.05, 4.69) is 9.64 Å². The number of amides is 1. The molecule has 1 amide bonds. The zero-order valence-corrected chi connectivity index (χ0v) is 16.0. The van der Waals surface area contributed by atoms with Crippen LogP contribution in [0.1, 0.15) is 27.9 Å². The van der Waals surface area contributed by atoms with Crippen molar-refractivity contribution in [3.63, 3.8) is 0 Å². The predicted molar refractivity (Wildman–Crippen MR) is 100 cm³/mol. The lowest BCUT2D eigenvalue weighted by Gasteiger charge is -2.22. The molecule has 30 heavy (non-hydrogen) atoms. The summed E-state index contributed by atoms with van der Waals surface area (Å²) in [7, 11) is 0. The highest BCUT2D eigenvalue weighted by Gasteiger charge is 2.30. The lowest BCUT2D eigenvalue weighted by molar-refractivity contribution is -0.137. The van der Waals surface area contributed by atoms with Crippen LogP contribution in [0.5, 0.6) is 5.75 Å². The highest BCUT2D eigenvalue weighted by Crippen LogP contribution is 2.29. The van der Waals surface area contributed by atoms with Gasteiger partial charge in [-0.2, -0.15) is 22.0 Å². The third-order valence-corrected chi connectivity index (χ3v) is 4.87. The van der Waals surface area contributed by atoms with Gasteiger partial charge in [0.25, 0.3) is 5.91 Å². The van der Waals surface area contributed by atoms with Crippen molar-refractivity contribution in [2.24, 2.45) is 0 Å². The molecule has 2 aromatic carbocycles. The summed E-state index contributed by atoms with van der Waals surface area (Å²) < 4.78 is 67.2. The van der Waals surface area contributed by atoms with Crippen molar-refractivity contribution in [3.8, 4) is 5.75 Å². The molecular formula is C21H21F5N2O2. The molecular weight excluding hydrogens is 407 g/mol. The molecule has 3 rings (SSSR count). The predicted octanol–water partition coefficient (Wildman–Crippen LogP) is 4.65. The van der Waals surface area contributed by atoms with Crippen molar-refractivity contribution >= 4 is 5.91 Å². The first-order valence-corrected chi connectivity index (χ1v) is 9.45. The van der Waals surface area contributed by atoms with Gasteiger partial charge in [-0.05, 0) is 42.3 Å². The molecule has 0 atom stereocenters. The van der Waals surface area contributed by atoms with Gasteiger partial charge in [0.2, 0.25) is 0 Å². The topological polar surface area (TPSA) is 32.8 Å². The lowest BCUT2D eigenvalue weighted by Crippen LogP contribution is -2.35. The first-order valence-electron chi connectivity index (χ1n) is 9.45. The van der Waals surface area contributed by atoms with Gasteiger partial charge in [0.15, 0.2) is 0 Å². The Hall–Kier alpha value is -2.68. The summed E-state index contributed by atoms with van der Waals surface area (Å²) in [6, 6.07) is 10.7. The van der Waals surface area contributed by atoms with E-state index in [4.69, 9.17) is 0 Å². The number of halogens is 5. The van der Waals surface area contributed by atoms with Gasteiger partial charge < -0.3 is 9.64 Å². The van der Waals surface area contributed by atoms with E-state index in [0.29, 0.717) is 39.1 Å². The van der Waals surface area contributed by atoms with Crippen LogP contribution in [0.3, 0.4) is 0 Å². The number of ether oxygens (including phenoxy) is 1. The van der Waals surface area contributed by atoms with Crippen LogP contribution in [0.2, 0.25) is 0 Å². The quantitative estimate of drug-likeness (QED) is 0.650. The molecule has 1 aliphatic rings. The summed E-state index contributed by atoms with van der Waals surface area (Å²) in [5.41, 5.74) is 0.348. The number of carbonyl (C=O) groups is 1. The maximum atomic E-state index is 12.7. The van der Waals surface area contributed by atoms with Crippen LogP contribution >= 0.6 is 0 Å². The van der Waals surface area contributed by atoms with Gasteiger partial charge in [0, 0.05) is 38.3 Å². The molecule has 1 fully saturated rings. The molecule has 1 aliphatic heterocycles. The molecule has 2 aromatic rings. The minimum atomic E-state index is -4.36. The summed E-state index contributed by atoms with van der Waals surface area (Å²) in [4.78, 5) is 16.5. The second-order valence-electron chi connectivity index (χ2n) is 7.02. The number of alkyl halides is 5. The van der Waals surface area contributed by atoms with Crippen LogP contribution in [0.15, 0.2) is 48.5 Å². The standard InChI is InChI=1S/C21H21F5N2O2/c22-20(23)30-18-4-1-3-16(13-18)19(29)28-10-2-9-27(11-12-28)14-15-5-7-17(8-6-15)21(24,25)26/h1,3-8,13,20H,2,9-12,14H2. The Morgan fingerprint density at radius 3 is 2.40 bits per heavy atom. The molecule has 4 nitrogen and oxygen atoms in total. The first-order chi connectivity index (χ1) is 14.2. The summed E-state index contributed by atoms with van der Waals surface area (Å²) in [6.45, 7) is -0.300. The number of benzene rings is 2. The van der Waals surface area contributed by atoms with Crippen molar-refractivity contribution in [3.05, 3.63) is 65.2 Å². The number of carbonyl (C=O) groups excluding carboxylic acids is 1. The Balaban J connectivity index is 1.59. The summed E-state index contributed by atoms with van der Waals surface area (Å²) in [6.07, 6.45) is -3.67. The molecule has 9 heteroatoms. The molecule has 0 aliphatic carbocycles. The second kappa shape index (κ2) is 9.42. The van der Waals surface area contributed by atoms with E-state index in [1.807, 2.05) is 0 Å².